The van der Waals surface area contributed by atoms with Gasteiger partial charge in [0.15, 0.2) is 0 Å². The van der Waals surface area contributed by atoms with Crippen LogP contribution in [0.15, 0.2) is 6.20 Å². The molecule has 2 rings (SSSR count). The lowest BCUT2D eigenvalue weighted by Crippen LogP contribution is -2.21. The summed E-state index contributed by atoms with van der Waals surface area (Å²) in [6, 6.07) is 0. The van der Waals surface area contributed by atoms with Crippen LogP contribution in [0.2, 0.25) is 0 Å². The van der Waals surface area contributed by atoms with E-state index in [1.165, 1.54) is 15.6 Å². The molecule has 1 aromatic heterocycles. The Kier molecular flexibility index (Phi) is 6.06. The number of nitrogens with zero attached hydrogens (tertiary/aromatic N) is 1. The zero-order valence-electron chi connectivity index (χ0n) is 12.2. The number of thioether (sulfide) groups is 2. The molecule has 3 atom stereocenters. The minimum absolute atomic E-state index is 0.597. The van der Waals surface area contributed by atoms with Gasteiger partial charge in [0, 0.05) is 33.9 Å². The standard InChI is InChI=1S/C14H24N2S3/c1-9(2)5-15-6-12-7-16-14(19-12)13-8-17-10(3)11(4)18-13/h7,9-11,13,15H,5-6,8H2,1-4H3. The molecule has 2 nitrogen and oxygen atoms in total. The third-order valence-corrected chi connectivity index (χ3v) is 7.91. The zero-order valence-corrected chi connectivity index (χ0v) is 14.6. The van der Waals surface area contributed by atoms with Crippen molar-refractivity contribution in [2.75, 3.05) is 12.3 Å². The zero-order chi connectivity index (χ0) is 13.8. The van der Waals surface area contributed by atoms with Crippen molar-refractivity contribution in [3.8, 4) is 0 Å². The van der Waals surface area contributed by atoms with Crippen LogP contribution in [0.5, 0.6) is 0 Å². The average molecular weight is 317 g/mol. The second-order valence-corrected chi connectivity index (χ2v) is 9.70. The fraction of sp³-hybridized carbons (Fsp3) is 0.786. The maximum Gasteiger partial charge on any atom is 0.107 e. The maximum atomic E-state index is 4.64. The first-order chi connectivity index (χ1) is 9.06. The number of nitrogens with one attached hydrogen (secondary N) is 1. The quantitative estimate of drug-likeness (QED) is 0.880. The van der Waals surface area contributed by atoms with Gasteiger partial charge in [0.25, 0.3) is 0 Å². The van der Waals surface area contributed by atoms with E-state index >= 15 is 0 Å². The van der Waals surface area contributed by atoms with Gasteiger partial charge in [-0.25, -0.2) is 4.98 Å². The van der Waals surface area contributed by atoms with Crippen LogP contribution in [-0.2, 0) is 6.54 Å². The Bertz CT molecular complexity index is 392. The molecule has 0 amide bonds. The second-order valence-electron chi connectivity index (χ2n) is 5.56. The van der Waals surface area contributed by atoms with Crippen molar-refractivity contribution in [1.29, 1.82) is 0 Å². The number of aromatic nitrogens is 1. The SMILES string of the molecule is CC(C)CNCc1cnc(C2CSC(C)C(C)S2)s1. The summed E-state index contributed by atoms with van der Waals surface area (Å²) in [5.41, 5.74) is 0. The van der Waals surface area contributed by atoms with E-state index in [1.54, 1.807) is 0 Å². The van der Waals surface area contributed by atoms with Crippen molar-refractivity contribution in [2.24, 2.45) is 5.92 Å². The van der Waals surface area contributed by atoms with E-state index in [1.807, 2.05) is 11.3 Å². The summed E-state index contributed by atoms with van der Waals surface area (Å²) in [5.74, 6) is 1.92. The van der Waals surface area contributed by atoms with E-state index < -0.39 is 0 Å². The van der Waals surface area contributed by atoms with Crippen molar-refractivity contribution >= 4 is 34.9 Å². The van der Waals surface area contributed by atoms with Crippen molar-refractivity contribution in [3.05, 3.63) is 16.1 Å². The van der Waals surface area contributed by atoms with Crippen LogP contribution in [-0.4, -0.2) is 27.8 Å². The summed E-state index contributed by atoms with van der Waals surface area (Å²) in [7, 11) is 0. The first-order valence-corrected chi connectivity index (χ1v) is 9.79. The molecule has 0 aliphatic carbocycles. The Labute approximate surface area is 129 Å². The molecule has 0 bridgehead atoms. The molecule has 0 saturated carbocycles. The van der Waals surface area contributed by atoms with E-state index in [4.69, 9.17) is 0 Å². The van der Waals surface area contributed by atoms with Gasteiger partial charge in [-0.15, -0.1) is 23.1 Å². The largest absolute Gasteiger partial charge is 0.312 e. The highest BCUT2D eigenvalue weighted by molar-refractivity contribution is 8.07. The molecule has 108 valence electrons. The number of thiazole rings is 1. The topological polar surface area (TPSA) is 24.9 Å². The average Bonchev–Trinajstić information content (AvgIpc) is 2.81. The van der Waals surface area contributed by atoms with Gasteiger partial charge in [-0.05, 0) is 12.5 Å². The molecule has 0 radical (unpaired) electrons. The van der Waals surface area contributed by atoms with Crippen LogP contribution in [0, 0.1) is 5.92 Å². The number of hydrogen-bond donors (Lipinski definition) is 1. The summed E-state index contributed by atoms with van der Waals surface area (Å²) in [5, 5.41) is 6.91. The van der Waals surface area contributed by atoms with Crippen LogP contribution in [0.3, 0.4) is 0 Å². The lowest BCUT2D eigenvalue weighted by molar-refractivity contribution is 0.554. The van der Waals surface area contributed by atoms with Gasteiger partial charge in [-0.2, -0.15) is 11.8 Å². The summed E-state index contributed by atoms with van der Waals surface area (Å²) >= 11 is 6.07. The third kappa shape index (κ3) is 4.66. The third-order valence-electron chi connectivity index (χ3n) is 3.25. The van der Waals surface area contributed by atoms with E-state index in [0.717, 1.165) is 23.6 Å². The first kappa shape index (κ1) is 15.7. The molecule has 3 unspecified atom stereocenters. The van der Waals surface area contributed by atoms with E-state index in [2.05, 4.69) is 67.7 Å². The molecule has 1 saturated heterocycles. The minimum atomic E-state index is 0.597. The molecule has 1 fully saturated rings. The Morgan fingerprint density at radius 2 is 2.16 bits per heavy atom. The molecule has 1 aliphatic rings. The molecule has 1 aliphatic heterocycles. The highest BCUT2D eigenvalue weighted by Gasteiger charge is 2.28. The van der Waals surface area contributed by atoms with E-state index in [9.17, 15) is 0 Å². The lowest BCUT2D eigenvalue weighted by atomic mass is 10.2. The molecule has 0 spiro atoms. The highest BCUT2D eigenvalue weighted by atomic mass is 32.2. The van der Waals surface area contributed by atoms with E-state index in [-0.39, 0.29) is 0 Å². The minimum Gasteiger partial charge on any atom is -0.312 e. The highest BCUT2D eigenvalue weighted by Crippen LogP contribution is 2.45. The van der Waals surface area contributed by atoms with Gasteiger partial charge < -0.3 is 5.32 Å². The van der Waals surface area contributed by atoms with Gasteiger partial charge >= 0.3 is 0 Å². The molecular formula is C14H24N2S3. The molecule has 0 aromatic carbocycles. The normalized spacial score (nSPS) is 27.9. The van der Waals surface area contributed by atoms with Gasteiger partial charge in [0.2, 0.25) is 0 Å². The monoisotopic (exact) mass is 316 g/mol. The second kappa shape index (κ2) is 7.34. The van der Waals surface area contributed by atoms with Gasteiger partial charge in [0.1, 0.15) is 5.01 Å². The molecule has 2 heterocycles. The predicted octanol–water partition coefficient (Wildman–Crippen LogP) is 4.19. The molecule has 1 N–H and O–H groups in total. The Balaban J connectivity index is 1.86. The lowest BCUT2D eigenvalue weighted by Gasteiger charge is -2.30. The van der Waals surface area contributed by atoms with Crippen LogP contribution in [0.4, 0.5) is 0 Å². The summed E-state index contributed by atoms with van der Waals surface area (Å²) < 4.78 is 0. The molecular weight excluding hydrogens is 292 g/mol. The maximum absolute atomic E-state index is 4.64. The van der Waals surface area contributed by atoms with Gasteiger partial charge in [-0.3, -0.25) is 0 Å². The predicted molar refractivity (Wildman–Crippen MR) is 90.4 cm³/mol. The number of rotatable bonds is 5. The first-order valence-electron chi connectivity index (χ1n) is 6.98. The van der Waals surface area contributed by atoms with Crippen molar-refractivity contribution in [3.63, 3.8) is 0 Å². The van der Waals surface area contributed by atoms with Gasteiger partial charge in [-0.1, -0.05) is 27.7 Å². The van der Waals surface area contributed by atoms with Crippen molar-refractivity contribution in [2.45, 2.75) is 50.0 Å². The van der Waals surface area contributed by atoms with Crippen molar-refractivity contribution < 1.29 is 0 Å². The summed E-state index contributed by atoms with van der Waals surface area (Å²) in [4.78, 5) is 6.01. The van der Waals surface area contributed by atoms with Crippen molar-refractivity contribution in [1.82, 2.24) is 10.3 Å². The van der Waals surface area contributed by atoms with E-state index in [0.29, 0.717) is 11.2 Å². The fourth-order valence-corrected chi connectivity index (χ4v) is 6.04. The Morgan fingerprint density at radius 1 is 1.37 bits per heavy atom. The van der Waals surface area contributed by atoms with Gasteiger partial charge in [0.05, 0.1) is 5.25 Å². The smallest absolute Gasteiger partial charge is 0.107 e. The number of hydrogen-bond acceptors (Lipinski definition) is 5. The van der Waals surface area contributed by atoms with Crippen LogP contribution in [0.25, 0.3) is 0 Å². The Morgan fingerprint density at radius 3 is 2.84 bits per heavy atom. The molecule has 19 heavy (non-hydrogen) atoms. The summed E-state index contributed by atoms with van der Waals surface area (Å²) in [6.07, 6.45) is 2.06. The van der Waals surface area contributed by atoms with Crippen LogP contribution < -0.4 is 5.32 Å². The molecule has 1 aromatic rings. The molecule has 5 heteroatoms. The Hall–Kier alpha value is 0.290. The van der Waals surface area contributed by atoms with Crippen LogP contribution >= 0.6 is 34.9 Å². The fourth-order valence-electron chi connectivity index (χ4n) is 1.95. The summed E-state index contributed by atoms with van der Waals surface area (Å²) in [6.45, 7) is 11.2. The van der Waals surface area contributed by atoms with Crippen LogP contribution in [0.1, 0.15) is 42.8 Å².